The first kappa shape index (κ1) is 21.3. The summed E-state index contributed by atoms with van der Waals surface area (Å²) in [6.45, 7) is 7.10. The molecule has 1 aromatic carbocycles. The Morgan fingerprint density at radius 3 is 2.48 bits per heavy atom. The molecular weight excluding hydrogens is 388 g/mol. The predicted octanol–water partition coefficient (Wildman–Crippen LogP) is 3.45. The molecule has 0 radical (unpaired) electrons. The summed E-state index contributed by atoms with van der Waals surface area (Å²) >= 11 is 0. The maximum atomic E-state index is 12.9. The van der Waals surface area contributed by atoms with Gasteiger partial charge in [0.25, 0.3) is 5.91 Å². The van der Waals surface area contributed by atoms with Crippen molar-refractivity contribution in [1.29, 1.82) is 0 Å². The number of anilines is 1. The lowest BCUT2D eigenvalue weighted by Crippen LogP contribution is -2.49. The zero-order chi connectivity index (χ0) is 21.8. The van der Waals surface area contributed by atoms with E-state index in [2.05, 4.69) is 34.3 Å². The number of piperazine rings is 1. The molecule has 1 aromatic heterocycles. The van der Waals surface area contributed by atoms with Gasteiger partial charge >= 0.3 is 0 Å². The van der Waals surface area contributed by atoms with Crippen LogP contribution in [0.5, 0.6) is 0 Å². The minimum Gasteiger partial charge on any atom is -0.353 e. The third kappa shape index (κ3) is 5.06. The van der Waals surface area contributed by atoms with E-state index < -0.39 is 0 Å². The van der Waals surface area contributed by atoms with Gasteiger partial charge in [-0.1, -0.05) is 43.7 Å². The van der Waals surface area contributed by atoms with Crippen LogP contribution in [0.4, 0.5) is 5.82 Å². The van der Waals surface area contributed by atoms with Crippen LogP contribution < -0.4 is 10.2 Å². The van der Waals surface area contributed by atoms with Gasteiger partial charge in [-0.25, -0.2) is 4.98 Å². The molecule has 2 fully saturated rings. The normalized spacial score (nSPS) is 21.5. The van der Waals surface area contributed by atoms with Crippen LogP contribution in [-0.2, 0) is 4.79 Å². The highest BCUT2D eigenvalue weighted by molar-refractivity contribution is 5.94. The maximum absolute atomic E-state index is 12.9. The first-order chi connectivity index (χ1) is 15.1. The minimum atomic E-state index is -0.0761. The van der Waals surface area contributed by atoms with Crippen LogP contribution in [0.3, 0.4) is 0 Å². The fourth-order valence-electron chi connectivity index (χ4n) is 4.45. The molecule has 3 unspecified atom stereocenters. The van der Waals surface area contributed by atoms with Crippen LogP contribution in [0.1, 0.15) is 54.9 Å². The lowest BCUT2D eigenvalue weighted by Gasteiger charge is -2.35. The highest BCUT2D eigenvalue weighted by atomic mass is 16.2. The molecular formula is C25H32N4O2. The van der Waals surface area contributed by atoms with E-state index in [0.29, 0.717) is 11.5 Å². The number of aromatic nitrogens is 1. The monoisotopic (exact) mass is 420 g/mol. The van der Waals surface area contributed by atoms with Gasteiger partial charge in [0.2, 0.25) is 5.91 Å². The quantitative estimate of drug-likeness (QED) is 0.745. The summed E-state index contributed by atoms with van der Waals surface area (Å²) in [7, 11) is 0. The molecule has 0 bridgehead atoms. The Bertz CT molecular complexity index is 891. The summed E-state index contributed by atoms with van der Waals surface area (Å²) in [5, 5.41) is 3.01. The molecule has 1 saturated heterocycles. The van der Waals surface area contributed by atoms with Gasteiger partial charge in [-0.3, -0.25) is 9.59 Å². The molecule has 6 nitrogen and oxygen atoms in total. The predicted molar refractivity (Wildman–Crippen MR) is 122 cm³/mol. The molecule has 0 spiro atoms. The average molecular weight is 421 g/mol. The number of hydrogen-bond donors (Lipinski definition) is 1. The lowest BCUT2D eigenvalue weighted by atomic mass is 10.1. The number of hydrogen-bond acceptors (Lipinski definition) is 4. The van der Waals surface area contributed by atoms with Gasteiger partial charge in [-0.05, 0) is 43.4 Å². The van der Waals surface area contributed by atoms with Gasteiger partial charge in [0.05, 0.1) is 5.56 Å². The maximum Gasteiger partial charge on any atom is 0.253 e. The second-order valence-corrected chi connectivity index (χ2v) is 8.74. The highest BCUT2D eigenvalue weighted by Crippen LogP contribution is 2.48. The number of nitrogens with zero attached hydrogens (tertiary/aromatic N) is 3. The number of pyridine rings is 1. The van der Waals surface area contributed by atoms with Crippen LogP contribution in [0.25, 0.3) is 0 Å². The minimum absolute atomic E-state index is 0.0761. The summed E-state index contributed by atoms with van der Waals surface area (Å²) in [5.41, 5.74) is 1.86. The van der Waals surface area contributed by atoms with Crippen molar-refractivity contribution in [2.45, 2.75) is 45.1 Å². The summed E-state index contributed by atoms with van der Waals surface area (Å²) < 4.78 is 0. The Balaban J connectivity index is 1.27. The Morgan fingerprint density at radius 1 is 1.10 bits per heavy atom. The van der Waals surface area contributed by atoms with Crippen molar-refractivity contribution in [1.82, 2.24) is 15.2 Å². The first-order valence-electron chi connectivity index (χ1n) is 11.4. The number of nitrogens with one attached hydrogen (secondary N) is 1. The molecule has 6 heteroatoms. The van der Waals surface area contributed by atoms with Crippen molar-refractivity contribution in [3.8, 4) is 0 Å². The zero-order valence-corrected chi connectivity index (χ0v) is 18.5. The van der Waals surface area contributed by atoms with Crippen molar-refractivity contribution < 1.29 is 9.59 Å². The summed E-state index contributed by atoms with van der Waals surface area (Å²) in [5.74, 6) is 1.59. The van der Waals surface area contributed by atoms with Crippen molar-refractivity contribution in [3.63, 3.8) is 0 Å². The second-order valence-electron chi connectivity index (χ2n) is 8.74. The molecule has 164 valence electrons. The van der Waals surface area contributed by atoms with E-state index in [1.165, 1.54) is 5.56 Å². The molecule has 1 N–H and O–H groups in total. The smallest absolute Gasteiger partial charge is 0.253 e. The van der Waals surface area contributed by atoms with Crippen molar-refractivity contribution in [2.24, 2.45) is 5.92 Å². The van der Waals surface area contributed by atoms with Gasteiger partial charge in [-0.2, -0.15) is 0 Å². The van der Waals surface area contributed by atoms with E-state index in [9.17, 15) is 9.59 Å². The van der Waals surface area contributed by atoms with E-state index in [1.807, 2.05) is 42.2 Å². The second kappa shape index (κ2) is 9.50. The molecule has 2 aromatic rings. The number of rotatable bonds is 7. The summed E-state index contributed by atoms with van der Waals surface area (Å²) in [6.07, 6.45) is 4.62. The standard InChI is InChI=1S/C25H32N4O2/c1-3-7-18(2)27-24(30)20-10-11-23(26-17-20)28-12-14-29(15-13-28)25(31)22-16-21(22)19-8-5-4-6-9-19/h4-6,8-11,17-18,21-22H,3,7,12-16H2,1-2H3,(H,27,30). The molecule has 3 atom stereocenters. The Morgan fingerprint density at radius 2 is 1.84 bits per heavy atom. The third-order valence-electron chi connectivity index (χ3n) is 6.36. The molecule has 1 saturated carbocycles. The third-order valence-corrected chi connectivity index (χ3v) is 6.36. The van der Waals surface area contributed by atoms with Gasteiger partial charge in [0, 0.05) is 44.3 Å². The first-order valence-corrected chi connectivity index (χ1v) is 11.4. The number of carbonyl (C=O) groups is 2. The SMILES string of the molecule is CCCC(C)NC(=O)c1ccc(N2CCN(C(=O)C3CC3c3ccccc3)CC2)nc1. The molecule has 2 aliphatic rings. The fourth-order valence-corrected chi connectivity index (χ4v) is 4.45. The fraction of sp³-hybridized carbons (Fsp3) is 0.480. The molecule has 2 heterocycles. The van der Waals surface area contributed by atoms with Crippen LogP contribution in [-0.4, -0.2) is 53.9 Å². The largest absolute Gasteiger partial charge is 0.353 e. The molecule has 1 aliphatic heterocycles. The van der Waals surface area contributed by atoms with Crippen molar-refractivity contribution >= 4 is 17.6 Å². The van der Waals surface area contributed by atoms with Crippen LogP contribution in [0.15, 0.2) is 48.7 Å². The number of carbonyl (C=O) groups excluding carboxylic acids is 2. The van der Waals surface area contributed by atoms with Crippen molar-refractivity contribution in [2.75, 3.05) is 31.1 Å². The van der Waals surface area contributed by atoms with Crippen LogP contribution >= 0.6 is 0 Å². The highest BCUT2D eigenvalue weighted by Gasteiger charge is 2.46. The summed E-state index contributed by atoms with van der Waals surface area (Å²) in [4.78, 5) is 33.9. The Hall–Kier alpha value is -2.89. The Kier molecular flexibility index (Phi) is 6.54. The van der Waals surface area contributed by atoms with E-state index >= 15 is 0 Å². The van der Waals surface area contributed by atoms with E-state index in [1.54, 1.807) is 6.20 Å². The van der Waals surface area contributed by atoms with Crippen LogP contribution in [0.2, 0.25) is 0 Å². The van der Waals surface area contributed by atoms with E-state index in [-0.39, 0.29) is 23.8 Å². The summed E-state index contributed by atoms with van der Waals surface area (Å²) in [6, 6.07) is 14.2. The van der Waals surface area contributed by atoms with Crippen LogP contribution in [0, 0.1) is 5.92 Å². The average Bonchev–Trinajstić information content (AvgIpc) is 3.60. The van der Waals surface area contributed by atoms with E-state index in [0.717, 1.165) is 51.3 Å². The van der Waals surface area contributed by atoms with Gasteiger partial charge < -0.3 is 15.1 Å². The molecule has 4 rings (SSSR count). The molecule has 31 heavy (non-hydrogen) atoms. The molecule has 2 amide bonds. The zero-order valence-electron chi connectivity index (χ0n) is 18.5. The molecule has 1 aliphatic carbocycles. The van der Waals surface area contributed by atoms with Gasteiger partial charge in [0.1, 0.15) is 5.82 Å². The number of amides is 2. The lowest BCUT2D eigenvalue weighted by molar-refractivity contribution is -0.133. The van der Waals surface area contributed by atoms with Gasteiger partial charge in [-0.15, -0.1) is 0 Å². The van der Waals surface area contributed by atoms with E-state index in [4.69, 9.17) is 0 Å². The number of benzene rings is 1. The Labute approximate surface area is 184 Å². The van der Waals surface area contributed by atoms with Gasteiger partial charge in [0.15, 0.2) is 0 Å². The van der Waals surface area contributed by atoms with Crippen molar-refractivity contribution in [3.05, 3.63) is 59.8 Å². The topological polar surface area (TPSA) is 65.5 Å².